The van der Waals surface area contributed by atoms with Gasteiger partial charge in [-0.05, 0) is 24.1 Å². The third-order valence-electron chi connectivity index (χ3n) is 3.85. The second-order valence-electron chi connectivity index (χ2n) is 5.40. The molecule has 5 heteroatoms. The molecule has 128 valence electrons. The van der Waals surface area contributed by atoms with Gasteiger partial charge in [-0.25, -0.2) is 4.79 Å². The van der Waals surface area contributed by atoms with E-state index >= 15 is 0 Å². The third-order valence-corrected chi connectivity index (χ3v) is 3.85. The normalized spacial score (nSPS) is 10.3. The summed E-state index contributed by atoms with van der Waals surface area (Å²) in [5.41, 5.74) is 2.77. The van der Waals surface area contributed by atoms with Crippen molar-refractivity contribution in [2.75, 3.05) is 25.6 Å². The molecule has 0 atom stereocenters. The minimum Gasteiger partial charge on any atom is -0.496 e. The molecule has 2 N–H and O–H groups in total. The Hall–Kier alpha value is -2.53. The van der Waals surface area contributed by atoms with Gasteiger partial charge >= 0.3 is 6.03 Å². The maximum Gasteiger partial charge on any atom is 0.322 e. The van der Waals surface area contributed by atoms with Crippen molar-refractivity contribution in [2.45, 2.75) is 19.9 Å². The van der Waals surface area contributed by atoms with Crippen LogP contribution in [0.3, 0.4) is 0 Å². The fourth-order valence-corrected chi connectivity index (χ4v) is 2.56. The molecule has 24 heavy (non-hydrogen) atoms. The number of urea groups is 1. The molecule has 0 spiro atoms. The van der Waals surface area contributed by atoms with Gasteiger partial charge in [-0.15, -0.1) is 0 Å². The molecule has 2 amide bonds. The van der Waals surface area contributed by atoms with Crippen LogP contribution in [0.1, 0.15) is 18.1 Å². The van der Waals surface area contributed by atoms with Crippen LogP contribution >= 0.6 is 0 Å². The number of carbonyl (C=O) groups is 1. The van der Waals surface area contributed by atoms with Crippen molar-refractivity contribution < 1.29 is 14.6 Å². The van der Waals surface area contributed by atoms with Crippen molar-refractivity contribution in [1.82, 2.24) is 4.90 Å². The van der Waals surface area contributed by atoms with Gasteiger partial charge in [0, 0.05) is 17.8 Å². The SMILES string of the molecule is CCc1ccccc1NC(=O)N(CCO)Cc1ccccc1OC. The number of amides is 2. The number of nitrogens with zero attached hydrogens (tertiary/aromatic N) is 1. The van der Waals surface area contributed by atoms with Crippen molar-refractivity contribution in [3.05, 3.63) is 59.7 Å². The van der Waals surface area contributed by atoms with E-state index in [1.807, 2.05) is 55.5 Å². The number of methoxy groups -OCH3 is 1. The van der Waals surface area contributed by atoms with Crippen molar-refractivity contribution in [3.63, 3.8) is 0 Å². The summed E-state index contributed by atoms with van der Waals surface area (Å²) in [4.78, 5) is 14.2. The molecule has 0 aliphatic heterocycles. The van der Waals surface area contributed by atoms with Gasteiger partial charge in [0.05, 0.1) is 20.3 Å². The predicted molar refractivity (Wildman–Crippen MR) is 95.3 cm³/mol. The zero-order chi connectivity index (χ0) is 17.4. The zero-order valence-electron chi connectivity index (χ0n) is 14.2. The first-order chi connectivity index (χ1) is 11.7. The van der Waals surface area contributed by atoms with Crippen LogP contribution in [-0.4, -0.2) is 36.3 Å². The number of hydrogen-bond donors (Lipinski definition) is 2. The Bertz CT molecular complexity index is 673. The van der Waals surface area contributed by atoms with E-state index in [-0.39, 0.29) is 19.2 Å². The van der Waals surface area contributed by atoms with Gasteiger partial charge < -0.3 is 20.1 Å². The average molecular weight is 328 g/mol. The van der Waals surface area contributed by atoms with Crippen molar-refractivity contribution in [2.24, 2.45) is 0 Å². The molecule has 0 aliphatic carbocycles. The second-order valence-corrected chi connectivity index (χ2v) is 5.40. The number of rotatable bonds is 7. The second kappa shape index (κ2) is 8.93. The van der Waals surface area contributed by atoms with Crippen LogP contribution < -0.4 is 10.1 Å². The first kappa shape index (κ1) is 17.8. The summed E-state index contributed by atoms with van der Waals surface area (Å²) in [7, 11) is 1.60. The van der Waals surface area contributed by atoms with Gasteiger partial charge in [-0.3, -0.25) is 0 Å². The van der Waals surface area contributed by atoms with E-state index in [0.29, 0.717) is 6.54 Å². The van der Waals surface area contributed by atoms with Gasteiger partial charge in [0.1, 0.15) is 5.75 Å². The number of para-hydroxylation sites is 2. The molecule has 0 saturated carbocycles. The summed E-state index contributed by atoms with van der Waals surface area (Å²) in [6.45, 7) is 2.56. The molecule has 5 nitrogen and oxygen atoms in total. The summed E-state index contributed by atoms with van der Waals surface area (Å²) in [6, 6.07) is 15.0. The number of carbonyl (C=O) groups excluding carboxylic acids is 1. The first-order valence-corrected chi connectivity index (χ1v) is 8.06. The lowest BCUT2D eigenvalue weighted by Crippen LogP contribution is -2.36. The molecule has 0 aromatic heterocycles. The lowest BCUT2D eigenvalue weighted by Gasteiger charge is -2.24. The Balaban J connectivity index is 2.16. The number of benzene rings is 2. The molecule has 0 unspecified atom stereocenters. The number of hydrogen-bond acceptors (Lipinski definition) is 3. The molecule has 0 radical (unpaired) electrons. The standard InChI is InChI=1S/C19H24N2O3/c1-3-15-8-4-6-10-17(15)20-19(23)21(12-13-22)14-16-9-5-7-11-18(16)24-2/h4-11,22H,3,12-14H2,1-2H3,(H,20,23). The molecular weight excluding hydrogens is 304 g/mol. The van der Waals surface area contributed by atoms with Gasteiger partial charge in [0.15, 0.2) is 0 Å². The van der Waals surface area contributed by atoms with Crippen LogP contribution in [0.2, 0.25) is 0 Å². The Kier molecular flexibility index (Phi) is 6.63. The average Bonchev–Trinajstić information content (AvgIpc) is 2.62. The van der Waals surface area contributed by atoms with Gasteiger partial charge in [-0.2, -0.15) is 0 Å². The van der Waals surface area contributed by atoms with E-state index in [4.69, 9.17) is 4.74 Å². The molecule has 0 bridgehead atoms. The fourth-order valence-electron chi connectivity index (χ4n) is 2.56. The highest BCUT2D eigenvalue weighted by molar-refractivity contribution is 5.90. The highest BCUT2D eigenvalue weighted by Gasteiger charge is 2.16. The highest BCUT2D eigenvalue weighted by Crippen LogP contribution is 2.21. The lowest BCUT2D eigenvalue weighted by atomic mass is 10.1. The molecule has 0 saturated heterocycles. The number of aryl methyl sites for hydroxylation is 1. The van der Waals surface area contributed by atoms with Crippen LogP contribution in [0.25, 0.3) is 0 Å². The number of anilines is 1. The largest absolute Gasteiger partial charge is 0.496 e. The Labute approximate surface area is 142 Å². The van der Waals surface area contributed by atoms with Crippen LogP contribution in [0.15, 0.2) is 48.5 Å². The smallest absolute Gasteiger partial charge is 0.322 e. The summed E-state index contributed by atoms with van der Waals surface area (Å²) >= 11 is 0. The van der Waals surface area contributed by atoms with Gasteiger partial charge in [0.2, 0.25) is 0 Å². The molecule has 0 heterocycles. The number of aliphatic hydroxyl groups excluding tert-OH is 1. The molecular formula is C19H24N2O3. The first-order valence-electron chi connectivity index (χ1n) is 8.06. The van der Waals surface area contributed by atoms with E-state index in [2.05, 4.69) is 5.32 Å². The van der Waals surface area contributed by atoms with Crippen LogP contribution in [0.5, 0.6) is 5.75 Å². The van der Waals surface area contributed by atoms with Crippen LogP contribution in [0.4, 0.5) is 10.5 Å². The highest BCUT2D eigenvalue weighted by atomic mass is 16.5. The Morgan fingerprint density at radius 2 is 1.79 bits per heavy atom. The van der Waals surface area contributed by atoms with E-state index in [0.717, 1.165) is 29.0 Å². The predicted octanol–water partition coefficient (Wildman–Crippen LogP) is 3.28. The fraction of sp³-hybridized carbons (Fsp3) is 0.316. The Morgan fingerprint density at radius 1 is 1.12 bits per heavy atom. The van der Waals surface area contributed by atoms with Crippen LogP contribution in [0, 0.1) is 0 Å². The minimum absolute atomic E-state index is 0.0992. The molecule has 0 aliphatic rings. The number of aliphatic hydroxyl groups is 1. The van der Waals surface area contributed by atoms with Crippen molar-refractivity contribution >= 4 is 11.7 Å². The molecule has 0 fully saturated rings. The Morgan fingerprint density at radius 3 is 2.46 bits per heavy atom. The summed E-state index contributed by atoms with van der Waals surface area (Å²) in [5.74, 6) is 0.724. The molecule has 2 aromatic rings. The number of nitrogens with one attached hydrogen (secondary N) is 1. The summed E-state index contributed by atoms with van der Waals surface area (Å²) in [5, 5.41) is 12.2. The molecule has 2 aromatic carbocycles. The van der Waals surface area contributed by atoms with Gasteiger partial charge in [-0.1, -0.05) is 43.3 Å². The quantitative estimate of drug-likeness (QED) is 0.820. The maximum absolute atomic E-state index is 12.6. The monoisotopic (exact) mass is 328 g/mol. The lowest BCUT2D eigenvalue weighted by molar-refractivity contribution is 0.184. The minimum atomic E-state index is -0.240. The summed E-state index contributed by atoms with van der Waals surface area (Å²) in [6.07, 6.45) is 0.836. The topological polar surface area (TPSA) is 61.8 Å². The van der Waals surface area contributed by atoms with E-state index < -0.39 is 0 Å². The number of ether oxygens (including phenoxy) is 1. The van der Waals surface area contributed by atoms with E-state index in [1.54, 1.807) is 12.0 Å². The van der Waals surface area contributed by atoms with Crippen molar-refractivity contribution in [1.29, 1.82) is 0 Å². The maximum atomic E-state index is 12.6. The van der Waals surface area contributed by atoms with E-state index in [9.17, 15) is 9.90 Å². The van der Waals surface area contributed by atoms with Crippen molar-refractivity contribution in [3.8, 4) is 5.75 Å². The van der Waals surface area contributed by atoms with Gasteiger partial charge in [0.25, 0.3) is 0 Å². The molecule has 2 rings (SSSR count). The zero-order valence-corrected chi connectivity index (χ0v) is 14.2. The summed E-state index contributed by atoms with van der Waals surface area (Å²) < 4.78 is 5.34. The third kappa shape index (κ3) is 4.49. The van der Waals surface area contributed by atoms with Crippen LogP contribution in [-0.2, 0) is 13.0 Å². The van der Waals surface area contributed by atoms with E-state index in [1.165, 1.54) is 0 Å².